The molecule has 2 aromatic rings. The van der Waals surface area contributed by atoms with E-state index in [-0.39, 0.29) is 22.2 Å². The lowest BCUT2D eigenvalue weighted by Crippen LogP contribution is -2.13. The zero-order valence-corrected chi connectivity index (χ0v) is 15.7. The zero-order chi connectivity index (χ0) is 19.1. The third kappa shape index (κ3) is 6.82. The van der Waals surface area contributed by atoms with E-state index in [1.165, 1.54) is 24.3 Å². The summed E-state index contributed by atoms with van der Waals surface area (Å²) in [5.74, 6) is -2.05. The van der Waals surface area contributed by atoms with Gasteiger partial charge in [0.05, 0.1) is 16.1 Å². The van der Waals surface area contributed by atoms with Gasteiger partial charge in [-0.1, -0.05) is 34.8 Å². The van der Waals surface area contributed by atoms with Crippen LogP contribution in [0.25, 0.3) is 0 Å². The molecule has 0 radical (unpaired) electrons. The number of carboxylic acid groups (broad SMARTS) is 2. The minimum atomic E-state index is -1.07. The van der Waals surface area contributed by atoms with Crippen molar-refractivity contribution in [3.05, 3.63) is 62.6 Å². The molecular formula is C17H16Cl3NO4. The molecule has 0 unspecified atom stereocenters. The molecule has 2 aromatic carbocycles. The fourth-order valence-corrected chi connectivity index (χ4v) is 2.33. The number of carboxylic acids is 2. The molecule has 0 aliphatic heterocycles. The Kier molecular flexibility index (Phi) is 8.03. The zero-order valence-electron chi connectivity index (χ0n) is 13.4. The fourth-order valence-electron chi connectivity index (χ4n) is 1.79. The van der Waals surface area contributed by atoms with E-state index in [0.717, 1.165) is 0 Å². The number of halogens is 3. The maximum Gasteiger partial charge on any atom is 0.337 e. The number of rotatable bonds is 4. The molecule has 0 atom stereocenters. The molecule has 0 aromatic heterocycles. The molecule has 25 heavy (non-hydrogen) atoms. The minimum absolute atomic E-state index is 0.0270. The van der Waals surface area contributed by atoms with Gasteiger partial charge in [0.1, 0.15) is 0 Å². The Morgan fingerprint density at radius 3 is 1.80 bits per heavy atom. The summed E-state index contributed by atoms with van der Waals surface area (Å²) in [5, 5.41) is 21.5. The molecule has 0 aliphatic rings. The summed E-state index contributed by atoms with van der Waals surface area (Å²) in [6, 6.07) is 9.27. The number of nitrogens with one attached hydrogen (secondary N) is 1. The Hall–Kier alpha value is -1.95. The highest BCUT2D eigenvalue weighted by molar-refractivity contribution is 6.35. The van der Waals surface area contributed by atoms with Crippen molar-refractivity contribution in [3.63, 3.8) is 0 Å². The highest BCUT2D eigenvalue weighted by atomic mass is 35.5. The van der Waals surface area contributed by atoms with Gasteiger partial charge in [-0.3, -0.25) is 0 Å². The molecule has 2 rings (SSSR count). The SMILES string of the molecule is CC(C)Nc1ccc(Cl)cc1C(=O)O.O=C(O)c1cc(Cl)ccc1Cl. The summed E-state index contributed by atoms with van der Waals surface area (Å²) < 4.78 is 0. The van der Waals surface area contributed by atoms with E-state index in [2.05, 4.69) is 5.32 Å². The normalized spacial score (nSPS) is 10.0. The van der Waals surface area contributed by atoms with Gasteiger partial charge < -0.3 is 15.5 Å². The van der Waals surface area contributed by atoms with Crippen LogP contribution in [0.4, 0.5) is 5.69 Å². The summed E-state index contributed by atoms with van der Waals surface area (Å²) in [6.07, 6.45) is 0. The van der Waals surface area contributed by atoms with Crippen molar-refractivity contribution in [2.45, 2.75) is 19.9 Å². The van der Waals surface area contributed by atoms with Gasteiger partial charge in [0, 0.05) is 21.8 Å². The summed E-state index contributed by atoms with van der Waals surface area (Å²) in [5.41, 5.74) is 0.822. The lowest BCUT2D eigenvalue weighted by Gasteiger charge is -2.12. The van der Waals surface area contributed by atoms with Gasteiger partial charge in [0.2, 0.25) is 0 Å². The molecule has 0 bridgehead atoms. The van der Waals surface area contributed by atoms with E-state index >= 15 is 0 Å². The van der Waals surface area contributed by atoms with E-state index in [1.807, 2.05) is 13.8 Å². The molecule has 0 spiro atoms. The summed E-state index contributed by atoms with van der Waals surface area (Å²) in [7, 11) is 0. The first-order chi connectivity index (χ1) is 11.6. The van der Waals surface area contributed by atoms with Gasteiger partial charge in [-0.15, -0.1) is 0 Å². The van der Waals surface area contributed by atoms with Gasteiger partial charge >= 0.3 is 11.9 Å². The molecule has 0 saturated carbocycles. The monoisotopic (exact) mass is 403 g/mol. The molecule has 0 amide bonds. The Labute approximate surface area is 160 Å². The second-order valence-electron chi connectivity index (χ2n) is 5.22. The summed E-state index contributed by atoms with van der Waals surface area (Å²) in [4.78, 5) is 21.3. The van der Waals surface area contributed by atoms with Gasteiger partial charge in [0.25, 0.3) is 0 Å². The number of benzene rings is 2. The topological polar surface area (TPSA) is 86.6 Å². The van der Waals surface area contributed by atoms with Crippen molar-refractivity contribution in [3.8, 4) is 0 Å². The van der Waals surface area contributed by atoms with Crippen LogP contribution < -0.4 is 5.32 Å². The Bertz CT molecular complexity index is 778. The molecule has 3 N–H and O–H groups in total. The van der Waals surface area contributed by atoms with Crippen LogP contribution in [0.3, 0.4) is 0 Å². The largest absolute Gasteiger partial charge is 0.478 e. The van der Waals surface area contributed by atoms with E-state index in [1.54, 1.807) is 12.1 Å². The fraction of sp³-hybridized carbons (Fsp3) is 0.176. The van der Waals surface area contributed by atoms with Crippen molar-refractivity contribution < 1.29 is 19.8 Å². The second-order valence-corrected chi connectivity index (χ2v) is 6.50. The molecule has 5 nitrogen and oxygen atoms in total. The third-order valence-corrected chi connectivity index (χ3v) is 3.61. The van der Waals surface area contributed by atoms with Crippen molar-refractivity contribution in [2.75, 3.05) is 5.32 Å². The number of anilines is 1. The van der Waals surface area contributed by atoms with Crippen molar-refractivity contribution >= 4 is 52.4 Å². The first-order valence-electron chi connectivity index (χ1n) is 7.09. The van der Waals surface area contributed by atoms with Crippen molar-refractivity contribution in [2.24, 2.45) is 0 Å². The maximum absolute atomic E-state index is 10.9. The van der Waals surface area contributed by atoms with Gasteiger partial charge in [-0.2, -0.15) is 0 Å². The maximum atomic E-state index is 10.9. The molecule has 0 aliphatic carbocycles. The van der Waals surface area contributed by atoms with Crippen LogP contribution >= 0.6 is 34.8 Å². The third-order valence-electron chi connectivity index (χ3n) is 2.82. The van der Waals surface area contributed by atoms with Gasteiger partial charge in [-0.25, -0.2) is 9.59 Å². The molecule has 134 valence electrons. The van der Waals surface area contributed by atoms with Crippen LogP contribution in [0.5, 0.6) is 0 Å². The highest BCUT2D eigenvalue weighted by Gasteiger charge is 2.11. The standard InChI is InChI=1S/C10H12ClNO2.C7H4Cl2O2/c1-6(2)12-9-4-3-7(11)5-8(9)10(13)14;8-4-1-2-6(9)5(3-4)7(10)11/h3-6,12H,1-2H3,(H,13,14);1-3H,(H,10,11). The van der Waals surface area contributed by atoms with Crippen LogP contribution in [0.2, 0.25) is 15.1 Å². The molecule has 0 heterocycles. The number of carbonyl (C=O) groups is 2. The minimum Gasteiger partial charge on any atom is -0.478 e. The van der Waals surface area contributed by atoms with Crippen molar-refractivity contribution in [1.29, 1.82) is 0 Å². The van der Waals surface area contributed by atoms with E-state index < -0.39 is 11.9 Å². The van der Waals surface area contributed by atoms with Gasteiger partial charge in [-0.05, 0) is 50.2 Å². The number of hydrogen-bond donors (Lipinski definition) is 3. The van der Waals surface area contributed by atoms with E-state index in [9.17, 15) is 9.59 Å². The lowest BCUT2D eigenvalue weighted by molar-refractivity contribution is 0.0686. The predicted molar refractivity (Wildman–Crippen MR) is 101 cm³/mol. The van der Waals surface area contributed by atoms with Crippen LogP contribution in [0.1, 0.15) is 34.6 Å². The highest BCUT2D eigenvalue weighted by Crippen LogP contribution is 2.21. The summed E-state index contributed by atoms with van der Waals surface area (Å²) in [6.45, 7) is 3.89. The van der Waals surface area contributed by atoms with Gasteiger partial charge in [0.15, 0.2) is 0 Å². The smallest absolute Gasteiger partial charge is 0.337 e. The Balaban J connectivity index is 0.000000257. The summed E-state index contributed by atoms with van der Waals surface area (Å²) >= 11 is 16.8. The molecule has 8 heteroatoms. The molecular weight excluding hydrogens is 389 g/mol. The Morgan fingerprint density at radius 1 is 0.880 bits per heavy atom. The van der Waals surface area contributed by atoms with Crippen molar-refractivity contribution in [1.82, 2.24) is 0 Å². The average molecular weight is 405 g/mol. The van der Waals surface area contributed by atoms with Crippen LogP contribution in [-0.2, 0) is 0 Å². The van der Waals surface area contributed by atoms with Crippen LogP contribution in [-0.4, -0.2) is 28.2 Å². The average Bonchev–Trinajstić information content (AvgIpc) is 2.51. The first-order valence-corrected chi connectivity index (χ1v) is 8.23. The van der Waals surface area contributed by atoms with Crippen LogP contribution in [0.15, 0.2) is 36.4 Å². The number of hydrogen-bond acceptors (Lipinski definition) is 3. The molecule has 0 saturated heterocycles. The predicted octanol–water partition coefficient (Wildman–Crippen LogP) is 5.55. The quantitative estimate of drug-likeness (QED) is 0.622. The van der Waals surface area contributed by atoms with E-state index in [0.29, 0.717) is 15.7 Å². The Morgan fingerprint density at radius 2 is 1.36 bits per heavy atom. The van der Waals surface area contributed by atoms with Crippen LogP contribution in [0, 0.1) is 0 Å². The van der Waals surface area contributed by atoms with E-state index in [4.69, 9.17) is 45.0 Å². The molecule has 0 fully saturated rings. The first kappa shape index (κ1) is 21.1. The second kappa shape index (κ2) is 9.51. The number of aromatic carboxylic acids is 2. The lowest BCUT2D eigenvalue weighted by atomic mass is 10.1.